The molecule has 26 heavy (non-hydrogen) atoms. The fourth-order valence-corrected chi connectivity index (χ4v) is 3.73. The quantitative estimate of drug-likeness (QED) is 0.811. The van der Waals surface area contributed by atoms with Crippen LogP contribution in [0.25, 0.3) is 0 Å². The van der Waals surface area contributed by atoms with Gasteiger partial charge < -0.3 is 20.3 Å². The zero-order valence-corrected chi connectivity index (χ0v) is 15.3. The molecule has 9 heteroatoms. The zero-order valence-electron chi connectivity index (χ0n) is 13.8. The summed E-state index contributed by atoms with van der Waals surface area (Å²) in [4.78, 5) is 30.7. The number of pyridine rings is 1. The molecule has 4 rings (SSSR count). The summed E-state index contributed by atoms with van der Waals surface area (Å²) in [6.07, 6.45) is 3.06. The second kappa shape index (κ2) is 7.22. The average Bonchev–Trinajstić information content (AvgIpc) is 2.98. The number of halogens is 1. The first-order valence-electron chi connectivity index (χ1n) is 8.27. The molecule has 2 aromatic rings. The fraction of sp³-hybridized carbons (Fsp3) is 0.353. The Morgan fingerprint density at radius 1 is 1.31 bits per heavy atom. The second-order valence-electron chi connectivity index (χ2n) is 6.26. The molecular weight excluding hydrogens is 376 g/mol. The normalized spacial score (nSPS) is 17.3. The number of nitrogens with one attached hydrogen (secondary N) is 2. The number of hydrogen-bond acceptors (Lipinski definition) is 6. The lowest BCUT2D eigenvalue weighted by Gasteiger charge is -2.38. The largest absolute Gasteiger partial charge is 0.485 e. The lowest BCUT2D eigenvalue weighted by Crippen LogP contribution is -2.56. The number of aromatic nitrogens is 1. The van der Waals surface area contributed by atoms with Gasteiger partial charge in [-0.2, -0.15) is 0 Å². The third-order valence-corrected chi connectivity index (χ3v) is 5.65. The van der Waals surface area contributed by atoms with Crippen LogP contribution < -0.4 is 15.4 Å². The summed E-state index contributed by atoms with van der Waals surface area (Å²) in [7, 11) is 0. The van der Waals surface area contributed by atoms with Gasteiger partial charge in [-0.15, -0.1) is 11.3 Å². The Labute approximate surface area is 159 Å². The van der Waals surface area contributed by atoms with E-state index >= 15 is 0 Å². The number of rotatable bonds is 5. The molecule has 2 N–H and O–H groups in total. The van der Waals surface area contributed by atoms with Crippen LogP contribution in [0, 0.1) is 5.92 Å². The van der Waals surface area contributed by atoms with Gasteiger partial charge in [0.25, 0.3) is 5.91 Å². The van der Waals surface area contributed by atoms with E-state index in [1.807, 2.05) is 0 Å². The van der Waals surface area contributed by atoms with Crippen molar-refractivity contribution in [2.45, 2.75) is 6.10 Å². The molecule has 0 aliphatic carbocycles. The van der Waals surface area contributed by atoms with Crippen molar-refractivity contribution in [2.75, 3.05) is 31.5 Å². The van der Waals surface area contributed by atoms with Gasteiger partial charge in [-0.25, -0.2) is 0 Å². The zero-order chi connectivity index (χ0) is 18.1. The number of nitrogens with zero attached hydrogens (tertiary/aromatic N) is 2. The molecule has 2 saturated heterocycles. The van der Waals surface area contributed by atoms with Gasteiger partial charge in [0, 0.05) is 31.5 Å². The van der Waals surface area contributed by atoms with E-state index in [0.717, 1.165) is 0 Å². The van der Waals surface area contributed by atoms with Gasteiger partial charge in [0.05, 0.1) is 28.9 Å². The number of carbonyl (C=O) groups excluding carboxylic acids is 2. The van der Waals surface area contributed by atoms with E-state index in [1.54, 1.807) is 29.3 Å². The second-order valence-corrected chi connectivity index (χ2v) is 7.76. The van der Waals surface area contributed by atoms with Gasteiger partial charge in [0.15, 0.2) is 0 Å². The first-order valence-corrected chi connectivity index (χ1v) is 9.46. The van der Waals surface area contributed by atoms with Crippen LogP contribution in [0.5, 0.6) is 5.75 Å². The highest BCUT2D eigenvalue weighted by atomic mass is 35.5. The lowest BCUT2D eigenvalue weighted by atomic mass is 10.0. The number of anilines is 1. The van der Waals surface area contributed by atoms with Crippen molar-refractivity contribution in [1.29, 1.82) is 0 Å². The summed E-state index contributed by atoms with van der Waals surface area (Å²) in [6.45, 7) is 2.43. The summed E-state index contributed by atoms with van der Waals surface area (Å²) >= 11 is 7.31. The minimum atomic E-state index is -0.0795. The van der Waals surface area contributed by atoms with Crippen molar-refractivity contribution in [3.05, 3.63) is 40.5 Å². The monoisotopic (exact) mass is 392 g/mol. The number of thiophene rings is 1. The van der Waals surface area contributed by atoms with Crippen LogP contribution in [0.15, 0.2) is 30.6 Å². The molecule has 0 atom stereocenters. The van der Waals surface area contributed by atoms with Crippen LogP contribution in [-0.2, 0) is 4.79 Å². The molecule has 0 unspecified atom stereocenters. The Hall–Kier alpha value is -2.16. The summed E-state index contributed by atoms with van der Waals surface area (Å²) in [5, 5.41) is 7.08. The van der Waals surface area contributed by atoms with Gasteiger partial charge in [-0.3, -0.25) is 14.6 Å². The van der Waals surface area contributed by atoms with Crippen LogP contribution in [0.1, 0.15) is 9.67 Å². The maximum atomic E-state index is 12.5. The van der Waals surface area contributed by atoms with E-state index in [4.69, 9.17) is 16.3 Å². The molecule has 2 amide bonds. The number of carbonyl (C=O) groups is 2. The van der Waals surface area contributed by atoms with Crippen molar-refractivity contribution < 1.29 is 14.3 Å². The SMILES string of the molecule is O=C(Nc1ccc(C(=O)N2CC(Oc3ccncc3Cl)C2)s1)C1CNC1. The highest BCUT2D eigenvalue weighted by molar-refractivity contribution is 7.18. The highest BCUT2D eigenvalue weighted by Crippen LogP contribution is 2.28. The maximum Gasteiger partial charge on any atom is 0.264 e. The summed E-state index contributed by atoms with van der Waals surface area (Å²) in [5.41, 5.74) is 0. The van der Waals surface area contributed by atoms with E-state index in [-0.39, 0.29) is 23.8 Å². The van der Waals surface area contributed by atoms with Crippen LogP contribution in [0.4, 0.5) is 5.00 Å². The predicted octanol–water partition coefficient (Wildman–Crippen LogP) is 1.86. The topological polar surface area (TPSA) is 83.6 Å². The van der Waals surface area contributed by atoms with E-state index in [2.05, 4.69) is 15.6 Å². The molecule has 7 nitrogen and oxygen atoms in total. The Bertz CT molecular complexity index is 833. The Kier molecular flexibility index (Phi) is 4.80. The first kappa shape index (κ1) is 17.3. The fourth-order valence-electron chi connectivity index (χ4n) is 2.69. The van der Waals surface area contributed by atoms with Gasteiger partial charge in [0.2, 0.25) is 5.91 Å². The molecular formula is C17H17ClN4O3S. The molecule has 2 aliphatic heterocycles. The van der Waals surface area contributed by atoms with Crippen molar-refractivity contribution in [1.82, 2.24) is 15.2 Å². The van der Waals surface area contributed by atoms with Crippen molar-refractivity contribution in [3.63, 3.8) is 0 Å². The third-order valence-electron chi connectivity index (χ3n) is 4.38. The smallest absolute Gasteiger partial charge is 0.264 e. The first-order chi connectivity index (χ1) is 12.6. The molecule has 0 radical (unpaired) electrons. The van der Waals surface area contributed by atoms with Gasteiger partial charge >= 0.3 is 0 Å². The van der Waals surface area contributed by atoms with Gasteiger partial charge in [0.1, 0.15) is 16.9 Å². The molecule has 0 saturated carbocycles. The van der Waals surface area contributed by atoms with Gasteiger partial charge in [-0.05, 0) is 12.1 Å². The Balaban J connectivity index is 1.29. The van der Waals surface area contributed by atoms with Crippen LogP contribution in [-0.4, -0.2) is 54.0 Å². The maximum absolute atomic E-state index is 12.5. The number of likely N-dealkylation sites (tertiary alicyclic amines) is 1. The molecule has 2 fully saturated rings. The highest BCUT2D eigenvalue weighted by Gasteiger charge is 2.34. The molecule has 0 aromatic carbocycles. The molecule has 0 bridgehead atoms. The number of ether oxygens (including phenoxy) is 1. The minimum Gasteiger partial charge on any atom is -0.485 e. The average molecular weight is 393 g/mol. The van der Waals surface area contributed by atoms with Crippen LogP contribution in [0.2, 0.25) is 5.02 Å². The van der Waals surface area contributed by atoms with Crippen LogP contribution in [0.3, 0.4) is 0 Å². The van der Waals surface area contributed by atoms with Crippen molar-refractivity contribution in [2.24, 2.45) is 5.92 Å². The number of hydrogen-bond donors (Lipinski definition) is 2. The molecule has 4 heterocycles. The standard InChI is InChI=1S/C17H17ClN4O3S/c18-12-7-19-4-3-13(12)25-11-8-22(9-11)17(24)14-1-2-15(26-14)21-16(23)10-5-20-6-10/h1-4,7,10-11,20H,5-6,8-9H2,(H,21,23). The Morgan fingerprint density at radius 3 is 2.81 bits per heavy atom. The third kappa shape index (κ3) is 3.53. The summed E-state index contributed by atoms with van der Waals surface area (Å²) < 4.78 is 5.77. The van der Waals surface area contributed by atoms with E-state index < -0.39 is 0 Å². The summed E-state index contributed by atoms with van der Waals surface area (Å²) in [5.74, 6) is 0.535. The Morgan fingerprint density at radius 2 is 2.12 bits per heavy atom. The van der Waals surface area contributed by atoms with E-state index in [1.165, 1.54) is 17.5 Å². The molecule has 0 spiro atoms. The molecule has 2 aromatic heterocycles. The predicted molar refractivity (Wildman–Crippen MR) is 98.9 cm³/mol. The summed E-state index contributed by atoms with van der Waals surface area (Å²) in [6, 6.07) is 5.22. The molecule has 2 aliphatic rings. The van der Waals surface area contributed by atoms with Gasteiger partial charge in [-0.1, -0.05) is 11.6 Å². The van der Waals surface area contributed by atoms with Crippen LogP contribution >= 0.6 is 22.9 Å². The minimum absolute atomic E-state index is 0.00348. The molecule has 136 valence electrons. The van der Waals surface area contributed by atoms with Crippen molar-refractivity contribution in [3.8, 4) is 5.75 Å². The number of amides is 2. The van der Waals surface area contributed by atoms with E-state index in [9.17, 15) is 9.59 Å². The van der Waals surface area contributed by atoms with Crippen molar-refractivity contribution >= 4 is 39.8 Å². The van der Waals surface area contributed by atoms with E-state index in [0.29, 0.717) is 46.8 Å². The lowest BCUT2D eigenvalue weighted by molar-refractivity contribution is -0.121.